The SMILES string of the molecule is CC(C)c1cc(CN(C)C(=O)CC[C@H]2NC(=O)NC2=O)no1. The van der Waals surface area contributed by atoms with Crippen molar-refractivity contribution in [3.05, 3.63) is 17.5 Å². The number of urea groups is 1. The van der Waals surface area contributed by atoms with Gasteiger partial charge >= 0.3 is 6.03 Å². The van der Waals surface area contributed by atoms with Crippen LogP contribution < -0.4 is 10.6 Å². The monoisotopic (exact) mass is 308 g/mol. The van der Waals surface area contributed by atoms with Gasteiger partial charge in [0.05, 0.1) is 6.54 Å². The van der Waals surface area contributed by atoms with Crippen molar-refractivity contribution >= 4 is 17.8 Å². The molecule has 1 fully saturated rings. The highest BCUT2D eigenvalue weighted by molar-refractivity contribution is 6.04. The van der Waals surface area contributed by atoms with Gasteiger partial charge in [-0.2, -0.15) is 0 Å². The smallest absolute Gasteiger partial charge is 0.322 e. The Bertz CT molecular complexity index is 581. The molecule has 8 heteroatoms. The van der Waals surface area contributed by atoms with Crippen LogP contribution in [-0.2, 0) is 16.1 Å². The van der Waals surface area contributed by atoms with Gasteiger partial charge in [0.15, 0.2) is 0 Å². The van der Waals surface area contributed by atoms with E-state index >= 15 is 0 Å². The molecule has 0 aromatic carbocycles. The Morgan fingerprint density at radius 1 is 1.45 bits per heavy atom. The molecule has 2 rings (SSSR count). The van der Waals surface area contributed by atoms with E-state index in [0.29, 0.717) is 12.2 Å². The maximum absolute atomic E-state index is 12.1. The van der Waals surface area contributed by atoms with Crippen molar-refractivity contribution in [2.45, 2.75) is 45.2 Å². The summed E-state index contributed by atoms with van der Waals surface area (Å²) in [5, 5.41) is 8.53. The Morgan fingerprint density at radius 3 is 2.73 bits per heavy atom. The number of aromatic nitrogens is 1. The van der Waals surface area contributed by atoms with E-state index in [-0.39, 0.29) is 24.7 Å². The summed E-state index contributed by atoms with van der Waals surface area (Å²) in [5.41, 5.74) is 0.687. The molecule has 1 saturated heterocycles. The second kappa shape index (κ2) is 6.59. The molecular weight excluding hydrogens is 288 g/mol. The average molecular weight is 308 g/mol. The lowest BCUT2D eigenvalue weighted by Crippen LogP contribution is -2.32. The summed E-state index contributed by atoms with van der Waals surface area (Å²) in [6.07, 6.45) is 0.445. The Labute approximate surface area is 128 Å². The van der Waals surface area contributed by atoms with E-state index < -0.39 is 18.0 Å². The van der Waals surface area contributed by atoms with E-state index in [4.69, 9.17) is 4.52 Å². The molecule has 4 amide bonds. The number of imide groups is 1. The number of nitrogens with zero attached hydrogens (tertiary/aromatic N) is 2. The topological polar surface area (TPSA) is 105 Å². The second-order valence-corrected chi connectivity index (χ2v) is 5.68. The van der Waals surface area contributed by atoms with Crippen LogP contribution >= 0.6 is 0 Å². The van der Waals surface area contributed by atoms with Crippen molar-refractivity contribution in [3.63, 3.8) is 0 Å². The van der Waals surface area contributed by atoms with Crippen LogP contribution in [0, 0.1) is 0 Å². The summed E-state index contributed by atoms with van der Waals surface area (Å²) in [4.78, 5) is 35.9. The average Bonchev–Trinajstić information content (AvgIpc) is 3.02. The second-order valence-electron chi connectivity index (χ2n) is 5.68. The number of rotatable bonds is 6. The highest BCUT2D eigenvalue weighted by Crippen LogP contribution is 2.16. The first-order valence-corrected chi connectivity index (χ1v) is 7.17. The third-order valence-corrected chi connectivity index (χ3v) is 3.48. The lowest BCUT2D eigenvalue weighted by molar-refractivity contribution is -0.130. The standard InChI is InChI=1S/C14H20N4O4/c1-8(2)11-6-9(17-22-11)7-18(3)12(19)5-4-10-13(20)16-14(21)15-10/h6,8,10H,4-5,7H2,1-3H3,(H2,15,16,20,21)/t10-/m1/s1. The zero-order chi connectivity index (χ0) is 16.3. The van der Waals surface area contributed by atoms with E-state index in [1.54, 1.807) is 7.05 Å². The van der Waals surface area contributed by atoms with Gasteiger partial charge in [0.25, 0.3) is 5.91 Å². The number of amides is 4. The van der Waals surface area contributed by atoms with Crippen molar-refractivity contribution in [2.24, 2.45) is 0 Å². The van der Waals surface area contributed by atoms with Crippen LogP contribution in [-0.4, -0.2) is 41.0 Å². The molecule has 0 saturated carbocycles. The molecule has 0 spiro atoms. The van der Waals surface area contributed by atoms with Gasteiger partial charge in [-0.15, -0.1) is 0 Å². The molecular formula is C14H20N4O4. The van der Waals surface area contributed by atoms with Crippen molar-refractivity contribution in [2.75, 3.05) is 7.05 Å². The molecule has 1 aromatic heterocycles. The normalized spacial score (nSPS) is 17.5. The van der Waals surface area contributed by atoms with Crippen molar-refractivity contribution in [1.82, 2.24) is 20.7 Å². The van der Waals surface area contributed by atoms with Crippen LogP contribution in [0.1, 0.15) is 44.1 Å². The number of carbonyl (C=O) groups is 3. The summed E-state index contributed by atoms with van der Waals surface area (Å²) in [7, 11) is 1.67. The van der Waals surface area contributed by atoms with Gasteiger partial charge in [0.2, 0.25) is 5.91 Å². The van der Waals surface area contributed by atoms with Crippen molar-refractivity contribution in [3.8, 4) is 0 Å². The fourth-order valence-corrected chi connectivity index (χ4v) is 2.13. The van der Waals surface area contributed by atoms with Crippen LogP contribution in [0.3, 0.4) is 0 Å². The number of nitrogens with one attached hydrogen (secondary N) is 2. The molecule has 0 aliphatic carbocycles. The minimum Gasteiger partial charge on any atom is -0.361 e. The van der Waals surface area contributed by atoms with Gasteiger partial charge < -0.3 is 14.7 Å². The predicted molar refractivity (Wildman–Crippen MR) is 76.8 cm³/mol. The first-order chi connectivity index (χ1) is 10.4. The molecule has 1 aliphatic heterocycles. The van der Waals surface area contributed by atoms with Crippen molar-refractivity contribution in [1.29, 1.82) is 0 Å². The van der Waals surface area contributed by atoms with Crippen LogP contribution in [0.4, 0.5) is 4.79 Å². The van der Waals surface area contributed by atoms with E-state index in [1.165, 1.54) is 4.90 Å². The summed E-state index contributed by atoms with van der Waals surface area (Å²) < 4.78 is 5.19. The first kappa shape index (κ1) is 16.0. The van der Waals surface area contributed by atoms with Crippen LogP contribution in [0.5, 0.6) is 0 Å². The Morgan fingerprint density at radius 2 is 2.18 bits per heavy atom. The zero-order valence-electron chi connectivity index (χ0n) is 12.9. The molecule has 0 radical (unpaired) electrons. The van der Waals surface area contributed by atoms with E-state index in [0.717, 1.165) is 5.76 Å². The van der Waals surface area contributed by atoms with Gasteiger partial charge in [-0.3, -0.25) is 14.9 Å². The molecule has 1 atom stereocenters. The molecule has 0 unspecified atom stereocenters. The van der Waals surface area contributed by atoms with Crippen LogP contribution in [0.25, 0.3) is 0 Å². The van der Waals surface area contributed by atoms with E-state index in [1.807, 2.05) is 19.9 Å². The third-order valence-electron chi connectivity index (χ3n) is 3.48. The predicted octanol–water partition coefficient (Wildman–Crippen LogP) is 0.745. The Balaban J connectivity index is 1.81. The minimum absolute atomic E-state index is 0.122. The van der Waals surface area contributed by atoms with Crippen molar-refractivity contribution < 1.29 is 18.9 Å². The Hall–Kier alpha value is -2.38. The molecule has 22 heavy (non-hydrogen) atoms. The van der Waals surface area contributed by atoms with Gasteiger partial charge in [-0.05, 0) is 6.42 Å². The third kappa shape index (κ3) is 3.84. The summed E-state index contributed by atoms with van der Waals surface area (Å²) in [5.74, 6) is 0.509. The molecule has 8 nitrogen and oxygen atoms in total. The lowest BCUT2D eigenvalue weighted by atomic mass is 10.1. The lowest BCUT2D eigenvalue weighted by Gasteiger charge is -2.16. The Kier molecular flexibility index (Phi) is 4.79. The summed E-state index contributed by atoms with van der Waals surface area (Å²) in [6, 6.07) is 0.683. The fourth-order valence-electron chi connectivity index (χ4n) is 2.13. The maximum Gasteiger partial charge on any atom is 0.322 e. The van der Waals surface area contributed by atoms with Crippen LogP contribution in [0.2, 0.25) is 0 Å². The van der Waals surface area contributed by atoms with Crippen LogP contribution in [0.15, 0.2) is 10.6 Å². The molecule has 2 heterocycles. The largest absolute Gasteiger partial charge is 0.361 e. The summed E-state index contributed by atoms with van der Waals surface area (Å²) >= 11 is 0. The zero-order valence-corrected chi connectivity index (χ0v) is 12.9. The van der Waals surface area contributed by atoms with E-state index in [9.17, 15) is 14.4 Å². The fraction of sp³-hybridized carbons (Fsp3) is 0.571. The number of carbonyl (C=O) groups excluding carboxylic acids is 3. The van der Waals surface area contributed by atoms with Gasteiger partial charge in [-0.25, -0.2) is 4.79 Å². The first-order valence-electron chi connectivity index (χ1n) is 7.17. The highest BCUT2D eigenvalue weighted by Gasteiger charge is 2.29. The minimum atomic E-state index is -0.635. The molecule has 2 N–H and O–H groups in total. The number of hydrogen-bond donors (Lipinski definition) is 2. The van der Waals surface area contributed by atoms with E-state index in [2.05, 4.69) is 15.8 Å². The molecule has 0 bridgehead atoms. The van der Waals surface area contributed by atoms with Gasteiger partial charge in [0.1, 0.15) is 17.5 Å². The van der Waals surface area contributed by atoms with Gasteiger partial charge in [0, 0.05) is 25.5 Å². The highest BCUT2D eigenvalue weighted by atomic mass is 16.5. The molecule has 1 aliphatic rings. The summed E-state index contributed by atoms with van der Waals surface area (Å²) in [6.45, 7) is 4.35. The molecule has 1 aromatic rings. The quantitative estimate of drug-likeness (QED) is 0.754. The number of hydrogen-bond acceptors (Lipinski definition) is 5. The maximum atomic E-state index is 12.1. The van der Waals surface area contributed by atoms with Gasteiger partial charge in [-0.1, -0.05) is 19.0 Å². The molecule has 120 valence electrons.